The third kappa shape index (κ3) is 10.4. The Balaban J connectivity index is 1.64. The van der Waals surface area contributed by atoms with Gasteiger partial charge in [-0.15, -0.1) is 0 Å². The first kappa shape index (κ1) is 32.5. The Labute approximate surface area is 251 Å². The monoisotopic (exact) mass is 574 g/mol. The summed E-state index contributed by atoms with van der Waals surface area (Å²) in [4.78, 5) is 24.0. The van der Waals surface area contributed by atoms with Crippen LogP contribution in [0.15, 0.2) is 66.7 Å². The van der Waals surface area contributed by atoms with Crippen LogP contribution in [0.3, 0.4) is 0 Å². The van der Waals surface area contributed by atoms with E-state index in [1.807, 2.05) is 36.4 Å². The molecule has 3 rings (SSSR count). The maximum atomic E-state index is 12.1. The highest BCUT2D eigenvalue weighted by Gasteiger charge is 2.16. The Bertz CT molecular complexity index is 1280. The standard InChI is InChI=1S/C35H46N2O5/c1-6-26(5)32-23-28(13-16-33(32)42-24-34(38)40-7-2)31-15-14-30(22-29(31)21-25(3)4)41-20-19-37-35(39)36-18-17-27-11-9-8-10-12-27/h8-16,22-23,25-26H,6-7,17-21,24H2,1-5H3,(H2,36,37,39). The van der Waals surface area contributed by atoms with Crippen LogP contribution in [0.5, 0.6) is 11.5 Å². The molecule has 0 aromatic heterocycles. The minimum Gasteiger partial charge on any atom is -0.492 e. The number of amides is 2. The van der Waals surface area contributed by atoms with Crippen molar-refractivity contribution >= 4 is 12.0 Å². The van der Waals surface area contributed by atoms with Gasteiger partial charge in [-0.1, -0.05) is 70.2 Å². The first-order valence-corrected chi connectivity index (χ1v) is 15.0. The van der Waals surface area contributed by atoms with Crippen LogP contribution < -0.4 is 20.1 Å². The summed E-state index contributed by atoms with van der Waals surface area (Å²) in [5, 5.41) is 5.75. The van der Waals surface area contributed by atoms with E-state index in [4.69, 9.17) is 14.2 Å². The molecule has 0 heterocycles. The number of hydrogen-bond acceptors (Lipinski definition) is 5. The fraction of sp³-hybridized carbons (Fsp3) is 0.429. The number of rotatable bonds is 16. The van der Waals surface area contributed by atoms with E-state index in [-0.39, 0.29) is 24.5 Å². The molecule has 226 valence electrons. The van der Waals surface area contributed by atoms with Crippen molar-refractivity contribution in [2.75, 3.05) is 32.9 Å². The molecule has 7 heteroatoms. The van der Waals surface area contributed by atoms with Gasteiger partial charge in [-0.2, -0.15) is 0 Å². The van der Waals surface area contributed by atoms with E-state index in [2.05, 4.69) is 68.7 Å². The van der Waals surface area contributed by atoms with Gasteiger partial charge in [-0.25, -0.2) is 9.59 Å². The smallest absolute Gasteiger partial charge is 0.344 e. The summed E-state index contributed by atoms with van der Waals surface area (Å²) in [7, 11) is 0. The second kappa shape index (κ2) is 17.1. The molecule has 1 unspecified atom stereocenters. The van der Waals surface area contributed by atoms with Crippen molar-refractivity contribution in [2.45, 2.75) is 59.8 Å². The number of carbonyl (C=O) groups excluding carboxylic acids is 2. The van der Waals surface area contributed by atoms with Crippen molar-refractivity contribution in [3.05, 3.63) is 83.4 Å². The lowest BCUT2D eigenvalue weighted by Gasteiger charge is -2.19. The first-order chi connectivity index (χ1) is 20.3. The molecular weight excluding hydrogens is 528 g/mol. The van der Waals surface area contributed by atoms with Gasteiger partial charge in [-0.05, 0) is 90.1 Å². The fourth-order valence-corrected chi connectivity index (χ4v) is 4.70. The van der Waals surface area contributed by atoms with Gasteiger partial charge in [0.25, 0.3) is 0 Å². The molecule has 0 saturated carbocycles. The average Bonchev–Trinajstić information content (AvgIpc) is 2.98. The van der Waals surface area contributed by atoms with Crippen LogP contribution in [0.4, 0.5) is 4.79 Å². The second-order valence-electron chi connectivity index (χ2n) is 10.8. The molecule has 2 amide bonds. The van der Waals surface area contributed by atoms with E-state index < -0.39 is 0 Å². The normalized spacial score (nSPS) is 11.6. The third-order valence-electron chi connectivity index (χ3n) is 7.02. The van der Waals surface area contributed by atoms with Crippen molar-refractivity contribution < 1.29 is 23.8 Å². The highest BCUT2D eigenvalue weighted by Crippen LogP contribution is 2.36. The van der Waals surface area contributed by atoms with Crippen molar-refractivity contribution in [1.82, 2.24) is 10.6 Å². The van der Waals surface area contributed by atoms with Gasteiger partial charge < -0.3 is 24.8 Å². The number of carbonyl (C=O) groups is 2. The SMILES string of the molecule is CCOC(=O)COc1ccc(-c2ccc(OCCNC(=O)NCCc3ccccc3)cc2CC(C)C)cc1C(C)CC. The summed E-state index contributed by atoms with van der Waals surface area (Å²) in [6.45, 7) is 12.1. The van der Waals surface area contributed by atoms with Crippen molar-refractivity contribution in [1.29, 1.82) is 0 Å². The molecule has 0 fully saturated rings. The van der Waals surface area contributed by atoms with Crippen LogP contribution in [-0.2, 0) is 22.4 Å². The number of urea groups is 1. The van der Waals surface area contributed by atoms with E-state index in [9.17, 15) is 9.59 Å². The molecule has 2 N–H and O–H groups in total. The summed E-state index contributed by atoms with van der Waals surface area (Å²) in [5.74, 6) is 1.84. The number of ether oxygens (including phenoxy) is 3. The number of benzene rings is 3. The molecule has 0 bridgehead atoms. The van der Waals surface area contributed by atoms with Gasteiger partial charge in [0.1, 0.15) is 18.1 Å². The quantitative estimate of drug-likeness (QED) is 0.143. The Kier molecular flexibility index (Phi) is 13.2. The Morgan fingerprint density at radius 2 is 1.62 bits per heavy atom. The first-order valence-electron chi connectivity index (χ1n) is 15.0. The van der Waals surface area contributed by atoms with Crippen LogP contribution in [0.25, 0.3) is 11.1 Å². The maximum Gasteiger partial charge on any atom is 0.344 e. The van der Waals surface area contributed by atoms with E-state index in [1.165, 1.54) is 11.1 Å². The van der Waals surface area contributed by atoms with Crippen LogP contribution in [0, 0.1) is 5.92 Å². The summed E-state index contributed by atoms with van der Waals surface area (Å²) < 4.78 is 16.9. The number of esters is 1. The molecule has 7 nitrogen and oxygen atoms in total. The van der Waals surface area contributed by atoms with Gasteiger partial charge >= 0.3 is 12.0 Å². The van der Waals surface area contributed by atoms with Gasteiger partial charge in [0, 0.05) is 6.54 Å². The predicted molar refractivity (Wildman–Crippen MR) is 168 cm³/mol. The van der Waals surface area contributed by atoms with Crippen molar-refractivity contribution in [2.24, 2.45) is 5.92 Å². The zero-order valence-corrected chi connectivity index (χ0v) is 25.7. The van der Waals surface area contributed by atoms with Crippen molar-refractivity contribution in [3.8, 4) is 22.6 Å². The second-order valence-corrected chi connectivity index (χ2v) is 10.8. The summed E-state index contributed by atoms with van der Waals surface area (Å²) in [5.41, 5.74) is 5.71. The molecule has 0 saturated heterocycles. The van der Waals surface area contributed by atoms with E-state index in [1.54, 1.807) is 6.92 Å². The molecule has 0 aliphatic rings. The lowest BCUT2D eigenvalue weighted by Crippen LogP contribution is -2.38. The summed E-state index contributed by atoms with van der Waals surface area (Å²) in [6.07, 6.45) is 2.64. The molecule has 3 aromatic rings. The molecule has 0 aliphatic heterocycles. The highest BCUT2D eigenvalue weighted by atomic mass is 16.6. The summed E-state index contributed by atoms with van der Waals surface area (Å²) >= 11 is 0. The number of nitrogens with one attached hydrogen (secondary N) is 2. The van der Waals surface area contributed by atoms with Crippen LogP contribution in [-0.4, -0.2) is 44.9 Å². The molecular formula is C35H46N2O5. The minimum atomic E-state index is -0.370. The largest absolute Gasteiger partial charge is 0.492 e. The lowest BCUT2D eigenvalue weighted by atomic mass is 9.90. The van der Waals surface area contributed by atoms with Gasteiger partial charge in [0.2, 0.25) is 0 Å². The zero-order valence-electron chi connectivity index (χ0n) is 25.7. The Morgan fingerprint density at radius 3 is 2.33 bits per heavy atom. The Hall–Kier alpha value is -4.00. The predicted octanol–water partition coefficient (Wildman–Crippen LogP) is 6.93. The molecule has 0 aliphatic carbocycles. The topological polar surface area (TPSA) is 85.9 Å². The third-order valence-corrected chi connectivity index (χ3v) is 7.02. The van der Waals surface area contributed by atoms with E-state index in [0.717, 1.165) is 41.7 Å². The fourth-order valence-electron chi connectivity index (χ4n) is 4.70. The number of hydrogen-bond donors (Lipinski definition) is 2. The average molecular weight is 575 g/mol. The molecule has 0 radical (unpaired) electrons. The van der Waals surface area contributed by atoms with E-state index >= 15 is 0 Å². The highest BCUT2D eigenvalue weighted by molar-refractivity contribution is 5.74. The van der Waals surface area contributed by atoms with Crippen LogP contribution in [0.2, 0.25) is 0 Å². The lowest BCUT2D eigenvalue weighted by molar-refractivity contribution is -0.145. The Morgan fingerprint density at radius 1 is 0.857 bits per heavy atom. The van der Waals surface area contributed by atoms with Gasteiger partial charge in [0.05, 0.1) is 13.2 Å². The minimum absolute atomic E-state index is 0.106. The van der Waals surface area contributed by atoms with E-state index in [0.29, 0.717) is 38.0 Å². The van der Waals surface area contributed by atoms with Crippen molar-refractivity contribution in [3.63, 3.8) is 0 Å². The zero-order chi connectivity index (χ0) is 30.3. The molecule has 3 aromatic carbocycles. The molecule has 42 heavy (non-hydrogen) atoms. The van der Waals surface area contributed by atoms with Crippen LogP contribution in [0.1, 0.15) is 63.6 Å². The molecule has 1 atom stereocenters. The van der Waals surface area contributed by atoms with Gasteiger partial charge in [0.15, 0.2) is 6.61 Å². The summed E-state index contributed by atoms with van der Waals surface area (Å²) in [6, 6.07) is 22.2. The van der Waals surface area contributed by atoms with Crippen LogP contribution >= 0.6 is 0 Å². The molecule has 0 spiro atoms. The maximum absolute atomic E-state index is 12.1. The van der Waals surface area contributed by atoms with Gasteiger partial charge in [-0.3, -0.25) is 0 Å².